The molecule has 0 saturated carbocycles. The number of benzene rings is 2. The van der Waals surface area contributed by atoms with Gasteiger partial charge in [0.15, 0.2) is 17.3 Å². The molecule has 8 nitrogen and oxygen atoms in total. The summed E-state index contributed by atoms with van der Waals surface area (Å²) in [4.78, 5) is 25.9. The first-order chi connectivity index (χ1) is 19.8. The Morgan fingerprint density at radius 1 is 0.780 bits per heavy atom. The molecule has 0 radical (unpaired) electrons. The van der Waals surface area contributed by atoms with Gasteiger partial charge in [-0.1, -0.05) is 70.4 Å². The summed E-state index contributed by atoms with van der Waals surface area (Å²) in [5.41, 5.74) is -0.776. The van der Waals surface area contributed by atoms with Crippen molar-refractivity contribution in [1.29, 1.82) is 0 Å². The number of carbonyl (C=O) groups is 1. The molecule has 0 fully saturated rings. The van der Waals surface area contributed by atoms with Gasteiger partial charge in [0.25, 0.3) is 0 Å². The third-order valence-electron chi connectivity index (χ3n) is 7.01. The Morgan fingerprint density at radius 2 is 1.41 bits per heavy atom. The number of allylic oxidation sites excluding steroid dienone is 2. The summed E-state index contributed by atoms with van der Waals surface area (Å²) in [5.74, 6) is -2.95. The van der Waals surface area contributed by atoms with E-state index in [-0.39, 0.29) is 40.2 Å². The number of esters is 1. The summed E-state index contributed by atoms with van der Waals surface area (Å²) in [6.45, 7) is 2.23. The molecule has 0 atom stereocenters. The van der Waals surface area contributed by atoms with E-state index in [9.17, 15) is 30.0 Å². The lowest BCUT2D eigenvalue weighted by molar-refractivity contribution is -0.134. The van der Waals surface area contributed by atoms with Gasteiger partial charge in [-0.25, -0.2) is 0 Å². The zero-order valence-electron chi connectivity index (χ0n) is 23.9. The maximum absolute atomic E-state index is 13.3. The van der Waals surface area contributed by atoms with E-state index in [4.69, 9.17) is 9.15 Å². The van der Waals surface area contributed by atoms with Gasteiger partial charge in [0.05, 0.1) is 0 Å². The Kier molecular flexibility index (Phi) is 12.6. The highest BCUT2D eigenvalue weighted by Gasteiger charge is 2.23. The van der Waals surface area contributed by atoms with E-state index in [0.717, 1.165) is 56.7 Å². The molecule has 3 aromatic rings. The Bertz CT molecular complexity index is 1370. The molecule has 0 aliphatic rings. The van der Waals surface area contributed by atoms with Crippen LogP contribution in [0.3, 0.4) is 0 Å². The second-order valence-corrected chi connectivity index (χ2v) is 10.4. The molecule has 1 heterocycles. The molecular weight excluding hydrogens is 524 g/mol. The second kappa shape index (κ2) is 16.4. The van der Waals surface area contributed by atoms with E-state index in [1.165, 1.54) is 50.7 Å². The van der Waals surface area contributed by atoms with Crippen molar-refractivity contribution >= 4 is 16.9 Å². The molecule has 1 aromatic heterocycles. The molecule has 222 valence electrons. The van der Waals surface area contributed by atoms with Crippen molar-refractivity contribution in [2.24, 2.45) is 0 Å². The smallest absolute Gasteiger partial charge is 0.311 e. The van der Waals surface area contributed by atoms with Gasteiger partial charge in [0.1, 0.15) is 22.5 Å². The number of hydrogen-bond acceptors (Lipinski definition) is 8. The lowest BCUT2D eigenvalue weighted by atomic mass is 10.1. The molecule has 0 unspecified atom stereocenters. The van der Waals surface area contributed by atoms with Gasteiger partial charge in [-0.05, 0) is 50.3 Å². The molecule has 0 amide bonds. The third-order valence-corrected chi connectivity index (χ3v) is 7.01. The van der Waals surface area contributed by atoms with Crippen molar-refractivity contribution in [3.63, 3.8) is 0 Å². The first kappa shape index (κ1) is 31.6. The average Bonchev–Trinajstić information content (AvgIpc) is 2.93. The lowest BCUT2D eigenvalue weighted by Crippen LogP contribution is -2.16. The van der Waals surface area contributed by atoms with Gasteiger partial charge in [-0.3, -0.25) is 9.59 Å². The standard InChI is InChI=1S/C33H42O8/c1-2-3-4-5-6-7-8-9-10-11-12-13-14-15-16-17-29(38)41-33-31(39)30-27(37)21-24(34)22-28(30)40-32(33)23-18-19-25(35)26(36)20-23/h9-10,18-22,34-37H,2-8,11-17H2,1H3/b10-9+. The van der Waals surface area contributed by atoms with Crippen LogP contribution in [0.4, 0.5) is 0 Å². The Balaban J connectivity index is 1.51. The van der Waals surface area contributed by atoms with E-state index in [0.29, 0.717) is 6.42 Å². The van der Waals surface area contributed by atoms with Crippen LogP contribution in [-0.4, -0.2) is 26.4 Å². The monoisotopic (exact) mass is 566 g/mol. The maximum atomic E-state index is 13.3. The minimum atomic E-state index is -0.802. The first-order valence-corrected chi connectivity index (χ1v) is 14.7. The van der Waals surface area contributed by atoms with Crippen LogP contribution in [0.25, 0.3) is 22.3 Å². The van der Waals surface area contributed by atoms with E-state index in [1.54, 1.807) is 0 Å². The molecule has 41 heavy (non-hydrogen) atoms. The quantitative estimate of drug-likeness (QED) is 0.0555. The fourth-order valence-corrected chi connectivity index (χ4v) is 4.72. The number of unbranched alkanes of at least 4 members (excludes halogenated alkanes) is 11. The summed E-state index contributed by atoms with van der Waals surface area (Å²) in [6.07, 6.45) is 19.4. The van der Waals surface area contributed by atoms with Crippen molar-refractivity contribution in [1.82, 2.24) is 0 Å². The van der Waals surface area contributed by atoms with Crippen molar-refractivity contribution in [3.05, 3.63) is 52.7 Å². The Morgan fingerprint density at radius 3 is 2.07 bits per heavy atom. The molecule has 2 aromatic carbocycles. The molecule has 3 rings (SSSR count). The third kappa shape index (κ3) is 9.59. The highest BCUT2D eigenvalue weighted by atomic mass is 16.5. The average molecular weight is 567 g/mol. The van der Waals surface area contributed by atoms with Crippen LogP contribution in [0.15, 0.2) is 51.7 Å². The normalized spacial score (nSPS) is 11.4. The molecule has 0 aliphatic carbocycles. The first-order valence-electron chi connectivity index (χ1n) is 14.7. The van der Waals surface area contributed by atoms with Crippen molar-refractivity contribution in [2.45, 2.75) is 96.8 Å². The fourth-order valence-electron chi connectivity index (χ4n) is 4.72. The van der Waals surface area contributed by atoms with Gasteiger partial charge in [0, 0.05) is 24.1 Å². The number of carbonyl (C=O) groups excluding carboxylic acids is 1. The zero-order chi connectivity index (χ0) is 29.6. The maximum Gasteiger partial charge on any atom is 0.311 e. The van der Waals surface area contributed by atoms with Gasteiger partial charge < -0.3 is 29.6 Å². The molecule has 8 heteroatoms. The number of phenols is 4. The molecule has 0 aliphatic heterocycles. The number of fused-ring (bicyclic) bond motifs is 1. The second-order valence-electron chi connectivity index (χ2n) is 10.4. The fraction of sp³-hybridized carbons (Fsp3) is 0.455. The number of ether oxygens (including phenoxy) is 1. The predicted molar refractivity (Wildman–Crippen MR) is 160 cm³/mol. The van der Waals surface area contributed by atoms with E-state index < -0.39 is 28.6 Å². The van der Waals surface area contributed by atoms with Crippen LogP contribution in [0.5, 0.6) is 28.7 Å². The minimum Gasteiger partial charge on any atom is -0.508 e. The number of hydrogen-bond donors (Lipinski definition) is 4. The van der Waals surface area contributed by atoms with Crippen molar-refractivity contribution in [3.8, 4) is 40.1 Å². The van der Waals surface area contributed by atoms with E-state index >= 15 is 0 Å². The molecular formula is C33H42O8. The highest BCUT2D eigenvalue weighted by molar-refractivity contribution is 5.89. The summed E-state index contributed by atoms with van der Waals surface area (Å²) < 4.78 is 11.2. The van der Waals surface area contributed by atoms with Gasteiger partial charge >= 0.3 is 5.97 Å². The van der Waals surface area contributed by atoms with Gasteiger partial charge in [-0.15, -0.1) is 0 Å². The van der Waals surface area contributed by atoms with E-state index in [1.807, 2.05) is 0 Å². The summed E-state index contributed by atoms with van der Waals surface area (Å²) in [6, 6.07) is 5.87. The highest BCUT2D eigenvalue weighted by Crippen LogP contribution is 2.38. The topological polar surface area (TPSA) is 137 Å². The van der Waals surface area contributed by atoms with Crippen LogP contribution in [-0.2, 0) is 4.79 Å². The molecule has 0 bridgehead atoms. The molecule has 4 N–H and O–H groups in total. The largest absolute Gasteiger partial charge is 0.508 e. The van der Waals surface area contributed by atoms with Crippen LogP contribution in [0.1, 0.15) is 96.8 Å². The van der Waals surface area contributed by atoms with E-state index in [2.05, 4.69) is 19.1 Å². The number of rotatable bonds is 17. The lowest BCUT2D eigenvalue weighted by Gasteiger charge is -2.12. The van der Waals surface area contributed by atoms with Crippen LogP contribution >= 0.6 is 0 Å². The summed E-state index contributed by atoms with van der Waals surface area (Å²) >= 11 is 0. The van der Waals surface area contributed by atoms with Crippen LogP contribution < -0.4 is 10.2 Å². The molecule has 0 spiro atoms. The summed E-state index contributed by atoms with van der Waals surface area (Å²) in [5, 5.41) is 39.4. The van der Waals surface area contributed by atoms with Gasteiger partial charge in [-0.2, -0.15) is 0 Å². The zero-order valence-corrected chi connectivity index (χ0v) is 23.9. The SMILES string of the molecule is CCCCCCCC/C=C/CCCCCCCC(=O)Oc1c(-c2ccc(O)c(O)c2)oc2cc(O)cc(O)c2c1=O. The van der Waals surface area contributed by atoms with Crippen LogP contribution in [0, 0.1) is 0 Å². The Hall–Kier alpha value is -3.94. The van der Waals surface area contributed by atoms with Crippen LogP contribution in [0.2, 0.25) is 0 Å². The Labute approximate surface area is 240 Å². The van der Waals surface area contributed by atoms with Crippen molar-refractivity contribution in [2.75, 3.05) is 0 Å². The minimum absolute atomic E-state index is 0.0947. The van der Waals surface area contributed by atoms with Crippen molar-refractivity contribution < 1.29 is 34.4 Å². The molecule has 0 saturated heterocycles. The van der Waals surface area contributed by atoms with Gasteiger partial charge in [0.2, 0.25) is 11.2 Å². The number of phenolic OH excluding ortho intramolecular Hbond substituents is 4. The number of aromatic hydroxyl groups is 4. The predicted octanol–water partition coefficient (Wildman–Crippen LogP) is 8.23. The summed E-state index contributed by atoms with van der Waals surface area (Å²) in [7, 11) is 0.